The van der Waals surface area contributed by atoms with Crippen molar-refractivity contribution in [2.24, 2.45) is 0 Å². The van der Waals surface area contributed by atoms with Gasteiger partial charge in [-0.2, -0.15) is 0 Å². The summed E-state index contributed by atoms with van der Waals surface area (Å²) in [6.45, 7) is 0. The molecule has 2 aromatic carbocycles. The van der Waals surface area contributed by atoms with Gasteiger partial charge in [0.15, 0.2) is 0 Å². The van der Waals surface area contributed by atoms with Crippen LogP contribution in [0.4, 0.5) is 18.9 Å². The van der Waals surface area contributed by atoms with Crippen molar-refractivity contribution in [1.82, 2.24) is 0 Å². The number of alkyl halides is 3. The quantitative estimate of drug-likeness (QED) is 0.848. The molecule has 0 bridgehead atoms. The summed E-state index contributed by atoms with van der Waals surface area (Å²) in [6, 6.07) is 8.11. The van der Waals surface area contributed by atoms with Gasteiger partial charge >= 0.3 is 6.36 Å². The third-order valence-electron chi connectivity index (χ3n) is 2.77. The van der Waals surface area contributed by atoms with Crippen LogP contribution >= 0.6 is 11.6 Å². The molecule has 2 rings (SSSR count). The molecule has 1 N–H and O–H groups in total. The Labute approximate surface area is 141 Å². The maximum atomic E-state index is 12.3. The van der Waals surface area contributed by atoms with E-state index in [1.165, 1.54) is 25.3 Å². The average Bonchev–Trinajstić information content (AvgIpc) is 2.46. The lowest BCUT2D eigenvalue weighted by atomic mass is 10.3. The Balaban J connectivity index is 2.26. The number of sulfonamides is 1. The van der Waals surface area contributed by atoms with Crippen LogP contribution in [0, 0.1) is 0 Å². The van der Waals surface area contributed by atoms with Crippen molar-refractivity contribution in [1.29, 1.82) is 0 Å². The van der Waals surface area contributed by atoms with Crippen LogP contribution in [0.25, 0.3) is 0 Å². The normalized spacial score (nSPS) is 11.9. The molecular weight excluding hydrogens is 371 g/mol. The number of halogens is 4. The Morgan fingerprint density at radius 1 is 1.08 bits per heavy atom. The number of anilines is 1. The summed E-state index contributed by atoms with van der Waals surface area (Å²) in [5.74, 6) is -0.290. The molecule has 0 saturated carbocycles. The van der Waals surface area contributed by atoms with E-state index in [2.05, 4.69) is 9.46 Å². The standard InChI is InChI=1S/C14H11ClF3NO4S/c1-22-13-7-2-9(15)8-12(13)19-24(20,21)11-5-3-10(4-6-11)23-14(16,17)18/h2-8,19H,1H3. The summed E-state index contributed by atoms with van der Waals surface area (Å²) in [5, 5.41) is 0.280. The molecule has 0 aliphatic rings. The predicted molar refractivity (Wildman–Crippen MR) is 81.9 cm³/mol. The monoisotopic (exact) mass is 381 g/mol. The number of benzene rings is 2. The number of hydrogen-bond acceptors (Lipinski definition) is 4. The van der Waals surface area contributed by atoms with E-state index < -0.39 is 22.1 Å². The molecule has 0 atom stereocenters. The summed E-state index contributed by atoms with van der Waals surface area (Å²) in [4.78, 5) is -0.251. The van der Waals surface area contributed by atoms with Crippen molar-refractivity contribution in [2.75, 3.05) is 11.8 Å². The molecule has 0 amide bonds. The van der Waals surface area contributed by atoms with E-state index in [1.54, 1.807) is 0 Å². The number of rotatable bonds is 5. The van der Waals surface area contributed by atoms with E-state index >= 15 is 0 Å². The molecule has 24 heavy (non-hydrogen) atoms. The van der Waals surface area contributed by atoms with Crippen molar-refractivity contribution in [3.63, 3.8) is 0 Å². The van der Waals surface area contributed by atoms with Crippen LogP contribution < -0.4 is 14.2 Å². The van der Waals surface area contributed by atoms with Gasteiger partial charge in [-0.1, -0.05) is 11.6 Å². The molecule has 0 aliphatic carbocycles. The fourth-order valence-corrected chi connectivity index (χ4v) is 3.02. The van der Waals surface area contributed by atoms with Crippen LogP contribution in [-0.4, -0.2) is 21.9 Å². The predicted octanol–water partition coefficient (Wildman–Crippen LogP) is 4.05. The molecular formula is C14H11ClF3NO4S. The van der Waals surface area contributed by atoms with Crippen LogP contribution in [0.5, 0.6) is 11.5 Å². The third-order valence-corrected chi connectivity index (χ3v) is 4.39. The minimum Gasteiger partial charge on any atom is -0.495 e. The van der Waals surface area contributed by atoms with Gasteiger partial charge in [-0.25, -0.2) is 8.42 Å². The first-order chi connectivity index (χ1) is 11.1. The van der Waals surface area contributed by atoms with Gasteiger partial charge in [0, 0.05) is 5.02 Å². The molecule has 0 saturated heterocycles. The van der Waals surface area contributed by atoms with E-state index in [0.29, 0.717) is 0 Å². The first-order valence-electron chi connectivity index (χ1n) is 6.33. The summed E-state index contributed by atoms with van der Waals surface area (Å²) in [7, 11) is -2.70. The molecule has 5 nitrogen and oxygen atoms in total. The number of ether oxygens (including phenoxy) is 2. The second-order valence-corrected chi connectivity index (χ2v) is 6.59. The van der Waals surface area contributed by atoms with Gasteiger partial charge in [-0.3, -0.25) is 4.72 Å². The molecule has 0 aliphatic heterocycles. The molecule has 2 aromatic rings. The van der Waals surface area contributed by atoms with E-state index in [9.17, 15) is 21.6 Å². The summed E-state index contributed by atoms with van der Waals surface area (Å²) in [6.07, 6.45) is -4.85. The van der Waals surface area contributed by atoms with Gasteiger partial charge in [-0.05, 0) is 42.5 Å². The molecule has 0 fully saturated rings. The van der Waals surface area contributed by atoms with Crippen LogP contribution in [0.1, 0.15) is 0 Å². The Bertz CT molecular complexity index is 823. The van der Waals surface area contributed by atoms with Crippen molar-refractivity contribution in [3.8, 4) is 11.5 Å². The van der Waals surface area contributed by atoms with Crippen molar-refractivity contribution < 1.29 is 31.1 Å². The Morgan fingerprint density at radius 3 is 2.25 bits per heavy atom. The lowest BCUT2D eigenvalue weighted by molar-refractivity contribution is -0.274. The molecule has 0 unspecified atom stereocenters. The first kappa shape index (κ1) is 18.2. The Hall–Kier alpha value is -2.13. The Kier molecular flexibility index (Phi) is 5.14. The minimum atomic E-state index is -4.85. The maximum Gasteiger partial charge on any atom is 0.573 e. The number of methoxy groups -OCH3 is 1. The van der Waals surface area contributed by atoms with Crippen LogP contribution in [0.2, 0.25) is 5.02 Å². The highest BCUT2D eigenvalue weighted by atomic mass is 35.5. The number of nitrogens with one attached hydrogen (secondary N) is 1. The van der Waals surface area contributed by atoms with Crippen LogP contribution in [-0.2, 0) is 10.0 Å². The van der Waals surface area contributed by atoms with Gasteiger partial charge in [0.1, 0.15) is 11.5 Å². The molecule has 130 valence electrons. The average molecular weight is 382 g/mol. The lowest BCUT2D eigenvalue weighted by Gasteiger charge is -2.13. The highest BCUT2D eigenvalue weighted by Gasteiger charge is 2.31. The summed E-state index contributed by atoms with van der Waals surface area (Å²) < 4.78 is 71.9. The SMILES string of the molecule is COc1ccc(Cl)cc1NS(=O)(=O)c1ccc(OC(F)(F)F)cc1. The topological polar surface area (TPSA) is 64.6 Å². The zero-order chi connectivity index (χ0) is 18.0. The van der Waals surface area contributed by atoms with Gasteiger partial charge in [0.2, 0.25) is 0 Å². The van der Waals surface area contributed by atoms with Gasteiger partial charge < -0.3 is 9.47 Å². The van der Waals surface area contributed by atoms with E-state index in [1.807, 2.05) is 0 Å². The molecule has 10 heteroatoms. The first-order valence-corrected chi connectivity index (χ1v) is 8.19. The third kappa shape index (κ3) is 4.68. The number of hydrogen-bond donors (Lipinski definition) is 1. The molecule has 0 spiro atoms. The molecule has 0 heterocycles. The van der Waals surface area contributed by atoms with Gasteiger partial charge in [0.25, 0.3) is 10.0 Å². The van der Waals surface area contributed by atoms with E-state index in [4.69, 9.17) is 16.3 Å². The molecule has 0 aromatic heterocycles. The summed E-state index contributed by atoms with van der Waals surface area (Å²) in [5.41, 5.74) is 0.0978. The van der Waals surface area contributed by atoms with E-state index in [0.717, 1.165) is 24.3 Å². The second-order valence-electron chi connectivity index (χ2n) is 4.47. The fourth-order valence-electron chi connectivity index (χ4n) is 1.78. The van der Waals surface area contributed by atoms with Crippen molar-refractivity contribution in [3.05, 3.63) is 47.5 Å². The van der Waals surface area contributed by atoms with Gasteiger partial charge in [-0.15, -0.1) is 13.2 Å². The highest BCUT2D eigenvalue weighted by molar-refractivity contribution is 7.92. The smallest absolute Gasteiger partial charge is 0.495 e. The van der Waals surface area contributed by atoms with E-state index in [-0.39, 0.29) is 21.4 Å². The largest absolute Gasteiger partial charge is 0.573 e. The minimum absolute atomic E-state index is 0.0978. The zero-order valence-electron chi connectivity index (χ0n) is 12.1. The van der Waals surface area contributed by atoms with Gasteiger partial charge in [0.05, 0.1) is 17.7 Å². The lowest BCUT2D eigenvalue weighted by Crippen LogP contribution is -2.17. The maximum absolute atomic E-state index is 12.3. The highest BCUT2D eigenvalue weighted by Crippen LogP contribution is 2.30. The van der Waals surface area contributed by atoms with Crippen molar-refractivity contribution in [2.45, 2.75) is 11.3 Å². The fraction of sp³-hybridized carbons (Fsp3) is 0.143. The zero-order valence-corrected chi connectivity index (χ0v) is 13.7. The Morgan fingerprint density at radius 2 is 1.71 bits per heavy atom. The summed E-state index contributed by atoms with van der Waals surface area (Å²) >= 11 is 5.82. The van der Waals surface area contributed by atoms with Crippen LogP contribution in [0.15, 0.2) is 47.4 Å². The van der Waals surface area contributed by atoms with Crippen molar-refractivity contribution >= 4 is 27.3 Å². The van der Waals surface area contributed by atoms with Crippen LogP contribution in [0.3, 0.4) is 0 Å². The second kappa shape index (κ2) is 6.78. The molecule has 0 radical (unpaired) electrons.